The van der Waals surface area contributed by atoms with Gasteiger partial charge in [0.25, 0.3) is 0 Å². The maximum absolute atomic E-state index is 14.4. The second-order valence-corrected chi connectivity index (χ2v) is 15.0. The van der Waals surface area contributed by atoms with E-state index < -0.39 is 48.1 Å². The molecule has 16 nitrogen and oxygen atoms in total. The number of ether oxygens (including phenoxy) is 2. The summed E-state index contributed by atoms with van der Waals surface area (Å²) in [5.41, 5.74) is 0.683. The van der Waals surface area contributed by atoms with Gasteiger partial charge in [-0.2, -0.15) is 13.2 Å². The zero-order valence-corrected chi connectivity index (χ0v) is 33.0. The Morgan fingerprint density at radius 2 is 1.22 bits per heavy atom. The smallest absolute Gasteiger partial charge is 0.435 e. The van der Waals surface area contributed by atoms with Crippen LogP contribution in [0, 0.1) is 11.8 Å². The standard InChI is InChI=1S/C39H47F3N10O6/c1-20(2)28(48-37(55)57-5)35(53)51-15-7-9-26(51)33-45-19-25(46-33)24-17-43-32(44-18-24)23-13-11-22(12-14-23)30-31(39(40,41)42)50-34(47-30)27-10-8-16-52(27)36(54)29(21(3)4)49-38(56)58-6/h11-14,17-21,26-29H,7-10,15-16H2,1-6H3,(H,45,46)(H,47,50)(H,48,55)(H,49,56)/t26-,27-,28-,29-/m0/s1. The Bertz CT molecular complexity index is 2100. The quantitative estimate of drug-likeness (QED) is 0.139. The summed E-state index contributed by atoms with van der Waals surface area (Å²) in [6.07, 6.45) is 0.961. The molecule has 4 aromatic rings. The molecule has 310 valence electrons. The Hall–Kier alpha value is -6.01. The fraction of sp³-hybridized carbons (Fsp3) is 0.487. The number of halogens is 3. The minimum Gasteiger partial charge on any atom is -0.453 e. The van der Waals surface area contributed by atoms with Crippen molar-refractivity contribution in [2.45, 2.75) is 83.7 Å². The van der Waals surface area contributed by atoms with Crippen molar-refractivity contribution in [3.05, 3.63) is 60.2 Å². The number of imidazole rings is 2. The van der Waals surface area contributed by atoms with E-state index in [0.29, 0.717) is 60.8 Å². The molecule has 1 aromatic carbocycles. The Labute approximate surface area is 332 Å². The molecule has 3 aromatic heterocycles. The van der Waals surface area contributed by atoms with Crippen LogP contribution in [-0.2, 0) is 25.2 Å². The van der Waals surface area contributed by atoms with Gasteiger partial charge in [-0.05, 0) is 37.5 Å². The van der Waals surface area contributed by atoms with Gasteiger partial charge in [0.15, 0.2) is 11.5 Å². The summed E-state index contributed by atoms with van der Waals surface area (Å²) in [6.45, 7) is 8.00. The second-order valence-electron chi connectivity index (χ2n) is 15.0. The number of nitrogens with one attached hydrogen (secondary N) is 4. The number of alkyl carbamates (subject to hydrolysis) is 2. The highest BCUT2D eigenvalue weighted by Gasteiger charge is 2.42. The van der Waals surface area contributed by atoms with Crippen LogP contribution in [0.5, 0.6) is 0 Å². The normalized spacial score (nSPS) is 18.1. The molecule has 19 heteroatoms. The molecular weight excluding hydrogens is 761 g/mol. The van der Waals surface area contributed by atoms with Gasteiger partial charge in [0.1, 0.15) is 23.7 Å². The van der Waals surface area contributed by atoms with E-state index in [1.165, 1.54) is 31.3 Å². The fourth-order valence-electron chi connectivity index (χ4n) is 7.40. The third-order valence-electron chi connectivity index (χ3n) is 10.5. The summed E-state index contributed by atoms with van der Waals surface area (Å²) < 4.78 is 52.6. The molecule has 4 atom stereocenters. The Morgan fingerprint density at radius 3 is 1.71 bits per heavy atom. The van der Waals surface area contributed by atoms with Crippen LogP contribution in [0.4, 0.5) is 22.8 Å². The molecule has 0 spiro atoms. The number of amides is 4. The zero-order valence-electron chi connectivity index (χ0n) is 33.0. The summed E-state index contributed by atoms with van der Waals surface area (Å²) >= 11 is 0. The maximum atomic E-state index is 14.4. The number of carbonyl (C=O) groups excluding carboxylic acids is 4. The van der Waals surface area contributed by atoms with Gasteiger partial charge in [0.05, 0.1) is 43.9 Å². The molecule has 0 bridgehead atoms. The molecule has 0 radical (unpaired) electrons. The lowest BCUT2D eigenvalue weighted by molar-refractivity contribution is -0.140. The van der Waals surface area contributed by atoms with E-state index in [-0.39, 0.29) is 40.9 Å². The van der Waals surface area contributed by atoms with Crippen LogP contribution in [0.2, 0.25) is 0 Å². The fourth-order valence-corrected chi connectivity index (χ4v) is 7.40. The van der Waals surface area contributed by atoms with Crippen molar-refractivity contribution >= 4 is 24.0 Å². The Balaban J connectivity index is 1.18. The lowest BCUT2D eigenvalue weighted by atomic mass is 10.0. The zero-order chi connectivity index (χ0) is 41.9. The minimum absolute atomic E-state index is 0.00118. The lowest BCUT2D eigenvalue weighted by Crippen LogP contribution is -2.51. The highest BCUT2D eigenvalue weighted by Crippen LogP contribution is 2.40. The van der Waals surface area contributed by atoms with Crippen molar-refractivity contribution < 1.29 is 41.8 Å². The van der Waals surface area contributed by atoms with E-state index in [1.54, 1.807) is 49.5 Å². The molecule has 58 heavy (non-hydrogen) atoms. The average Bonchev–Trinajstić information content (AvgIpc) is 4.04. The predicted octanol–water partition coefficient (Wildman–Crippen LogP) is 6.03. The molecule has 0 aliphatic carbocycles. The van der Waals surface area contributed by atoms with Crippen LogP contribution in [0.3, 0.4) is 0 Å². The molecule has 2 aliphatic rings. The SMILES string of the molecule is COC(=O)N[C@H](C(=O)N1CCC[C@H]1c1ncc(-c2cnc(-c3ccc(-c4[nH]c([C@@H]5CCCN5C(=O)[C@@H](NC(=O)OC)C(C)C)nc4C(F)(F)F)cc3)nc2)[nH]1)C(C)C. The lowest BCUT2D eigenvalue weighted by Gasteiger charge is -2.30. The number of methoxy groups -OCH3 is 2. The van der Waals surface area contributed by atoms with Crippen LogP contribution in [0.1, 0.15) is 82.8 Å². The first-order valence-corrected chi connectivity index (χ1v) is 19.1. The Kier molecular flexibility index (Phi) is 12.4. The number of aromatic amines is 2. The summed E-state index contributed by atoms with van der Waals surface area (Å²) in [4.78, 5) is 77.8. The van der Waals surface area contributed by atoms with Gasteiger partial charge < -0.3 is 39.9 Å². The van der Waals surface area contributed by atoms with E-state index in [2.05, 4.69) is 45.3 Å². The van der Waals surface area contributed by atoms with Crippen LogP contribution in [0.15, 0.2) is 42.9 Å². The highest BCUT2D eigenvalue weighted by atomic mass is 19.4. The number of nitrogens with zero attached hydrogens (tertiary/aromatic N) is 6. The molecule has 2 aliphatic heterocycles. The largest absolute Gasteiger partial charge is 0.453 e. The van der Waals surface area contributed by atoms with E-state index in [4.69, 9.17) is 4.74 Å². The number of hydrogen-bond donors (Lipinski definition) is 4. The third-order valence-corrected chi connectivity index (χ3v) is 10.5. The van der Waals surface area contributed by atoms with Gasteiger partial charge in [-0.25, -0.2) is 29.5 Å². The number of H-pyrrole nitrogens is 2. The first-order valence-electron chi connectivity index (χ1n) is 19.1. The van der Waals surface area contributed by atoms with E-state index >= 15 is 0 Å². The minimum atomic E-state index is -4.79. The van der Waals surface area contributed by atoms with Crippen molar-refractivity contribution in [3.8, 4) is 33.9 Å². The molecular formula is C39H47F3N10O6. The van der Waals surface area contributed by atoms with Gasteiger partial charge in [-0.15, -0.1) is 0 Å². The summed E-state index contributed by atoms with van der Waals surface area (Å²) in [5, 5.41) is 5.18. The first-order chi connectivity index (χ1) is 27.6. The van der Waals surface area contributed by atoms with Crippen LogP contribution in [0.25, 0.3) is 33.9 Å². The first kappa shape index (κ1) is 41.6. The molecule has 0 unspecified atom stereocenters. The highest BCUT2D eigenvalue weighted by molar-refractivity contribution is 5.87. The van der Waals surface area contributed by atoms with Crippen molar-refractivity contribution in [2.75, 3.05) is 27.3 Å². The van der Waals surface area contributed by atoms with Crippen molar-refractivity contribution in [1.29, 1.82) is 0 Å². The molecule has 4 amide bonds. The molecule has 2 saturated heterocycles. The number of rotatable bonds is 11. The molecule has 6 rings (SSSR count). The van der Waals surface area contributed by atoms with Gasteiger partial charge in [-0.3, -0.25) is 9.59 Å². The number of hydrogen-bond acceptors (Lipinski definition) is 10. The molecule has 0 saturated carbocycles. The van der Waals surface area contributed by atoms with E-state index in [1.807, 2.05) is 13.8 Å². The predicted molar refractivity (Wildman–Crippen MR) is 203 cm³/mol. The molecule has 2 fully saturated rings. The topological polar surface area (TPSA) is 200 Å². The van der Waals surface area contributed by atoms with Crippen LogP contribution >= 0.6 is 0 Å². The van der Waals surface area contributed by atoms with Gasteiger partial charge in [0, 0.05) is 42.2 Å². The van der Waals surface area contributed by atoms with Gasteiger partial charge >= 0.3 is 18.4 Å². The number of alkyl halides is 3. The van der Waals surface area contributed by atoms with Crippen molar-refractivity contribution in [2.24, 2.45) is 11.8 Å². The molecule has 5 heterocycles. The van der Waals surface area contributed by atoms with E-state index in [0.717, 1.165) is 6.42 Å². The van der Waals surface area contributed by atoms with Crippen LogP contribution in [-0.4, -0.2) is 103 Å². The van der Waals surface area contributed by atoms with E-state index in [9.17, 15) is 32.3 Å². The number of benzene rings is 1. The third kappa shape index (κ3) is 8.77. The maximum Gasteiger partial charge on any atom is 0.435 e. The second kappa shape index (κ2) is 17.2. The summed E-state index contributed by atoms with van der Waals surface area (Å²) in [6, 6.07) is 3.49. The number of likely N-dealkylation sites (tertiary alicyclic amines) is 2. The summed E-state index contributed by atoms with van der Waals surface area (Å²) in [7, 11) is 2.43. The van der Waals surface area contributed by atoms with Crippen molar-refractivity contribution in [3.63, 3.8) is 0 Å². The van der Waals surface area contributed by atoms with Crippen LogP contribution < -0.4 is 10.6 Å². The average molecular weight is 809 g/mol. The molecule has 4 N–H and O–H groups in total. The number of carbonyl (C=O) groups is 4. The van der Waals surface area contributed by atoms with Gasteiger partial charge in [0.2, 0.25) is 11.8 Å². The van der Waals surface area contributed by atoms with Gasteiger partial charge in [-0.1, -0.05) is 52.0 Å². The monoisotopic (exact) mass is 808 g/mol. The summed E-state index contributed by atoms with van der Waals surface area (Å²) in [5.74, 6) is -0.210. The number of aromatic nitrogens is 6. The van der Waals surface area contributed by atoms with Crippen molar-refractivity contribution in [1.82, 2.24) is 50.3 Å². The Morgan fingerprint density at radius 1 is 0.724 bits per heavy atom.